The predicted octanol–water partition coefficient (Wildman–Crippen LogP) is 1.75. The number of anilines is 2. The van der Waals surface area contributed by atoms with Crippen LogP contribution in [0.4, 0.5) is 11.8 Å². The molecule has 2 heterocycles. The molecule has 4 N–H and O–H groups in total. The van der Waals surface area contributed by atoms with Crippen molar-refractivity contribution >= 4 is 22.8 Å². The maximum atomic E-state index is 9.22. The first-order valence-electron chi connectivity index (χ1n) is 6.96. The Bertz CT molecular complexity index is 569. The lowest BCUT2D eigenvalue weighted by Gasteiger charge is -2.29. The highest BCUT2D eigenvalue weighted by atomic mass is 16.3. The van der Waals surface area contributed by atoms with Crippen LogP contribution in [0.25, 0.3) is 11.0 Å². The number of hydrogen-bond acceptors (Lipinski definition) is 6. The van der Waals surface area contributed by atoms with E-state index >= 15 is 0 Å². The zero-order valence-electron chi connectivity index (χ0n) is 12.2. The van der Waals surface area contributed by atoms with Crippen LogP contribution in [0, 0.1) is 0 Å². The van der Waals surface area contributed by atoms with E-state index in [1.165, 1.54) is 0 Å². The first-order chi connectivity index (χ1) is 9.61. The maximum absolute atomic E-state index is 9.22. The molecule has 0 radical (unpaired) electrons. The van der Waals surface area contributed by atoms with Crippen LogP contribution in [0.15, 0.2) is 6.20 Å². The van der Waals surface area contributed by atoms with Crippen LogP contribution < -0.4 is 10.6 Å². The Morgan fingerprint density at radius 2 is 2.15 bits per heavy atom. The van der Waals surface area contributed by atoms with Gasteiger partial charge in [-0.1, -0.05) is 6.92 Å². The first kappa shape index (κ1) is 14.5. The number of hydrogen-bond donors (Lipinski definition) is 4. The van der Waals surface area contributed by atoms with E-state index in [0.717, 1.165) is 24.2 Å². The van der Waals surface area contributed by atoms with Crippen molar-refractivity contribution in [3.05, 3.63) is 6.20 Å². The maximum Gasteiger partial charge on any atom is 0.226 e. The number of nitrogens with zero attached hydrogens (tertiary/aromatic N) is 3. The smallest absolute Gasteiger partial charge is 0.226 e. The number of rotatable bonds is 7. The second kappa shape index (κ2) is 6.04. The van der Waals surface area contributed by atoms with Gasteiger partial charge in [0.2, 0.25) is 5.95 Å². The predicted molar refractivity (Wildman–Crippen MR) is 79.9 cm³/mol. The van der Waals surface area contributed by atoms with Gasteiger partial charge in [-0.15, -0.1) is 0 Å². The topological polar surface area (TPSA) is 98.8 Å². The van der Waals surface area contributed by atoms with E-state index in [0.29, 0.717) is 18.0 Å². The molecule has 7 nitrogen and oxygen atoms in total. The quantitative estimate of drug-likeness (QED) is 0.616. The molecule has 20 heavy (non-hydrogen) atoms. The van der Waals surface area contributed by atoms with E-state index in [4.69, 9.17) is 0 Å². The first-order valence-corrected chi connectivity index (χ1v) is 6.96. The van der Waals surface area contributed by atoms with Gasteiger partial charge in [0.25, 0.3) is 0 Å². The number of aromatic amines is 1. The molecule has 0 fully saturated rings. The van der Waals surface area contributed by atoms with Crippen molar-refractivity contribution in [1.29, 1.82) is 0 Å². The van der Waals surface area contributed by atoms with Gasteiger partial charge in [0.1, 0.15) is 5.82 Å². The van der Waals surface area contributed by atoms with E-state index in [-0.39, 0.29) is 12.1 Å². The van der Waals surface area contributed by atoms with Gasteiger partial charge < -0.3 is 15.7 Å². The fraction of sp³-hybridized carbons (Fsp3) is 0.615. The van der Waals surface area contributed by atoms with Gasteiger partial charge in [-0.25, -0.2) is 0 Å². The number of aliphatic hydroxyl groups is 1. The molecule has 1 unspecified atom stereocenters. The summed E-state index contributed by atoms with van der Waals surface area (Å²) in [5.41, 5.74) is 0.484. The number of aliphatic hydroxyl groups excluding tert-OH is 1. The Kier molecular flexibility index (Phi) is 4.39. The molecule has 0 saturated carbocycles. The van der Waals surface area contributed by atoms with Gasteiger partial charge in [-0.2, -0.15) is 15.1 Å². The third kappa shape index (κ3) is 2.98. The van der Waals surface area contributed by atoms with Crippen molar-refractivity contribution in [1.82, 2.24) is 20.2 Å². The van der Waals surface area contributed by atoms with Crippen molar-refractivity contribution < 1.29 is 5.11 Å². The summed E-state index contributed by atoms with van der Waals surface area (Å²) < 4.78 is 0. The van der Waals surface area contributed by atoms with E-state index in [2.05, 4.69) is 44.6 Å². The van der Waals surface area contributed by atoms with Crippen molar-refractivity contribution in [3.63, 3.8) is 0 Å². The molecule has 0 spiro atoms. The monoisotopic (exact) mass is 278 g/mol. The standard InChI is InChI=1S/C13H22N6O/c1-4-13(3,6-7-20)18-10-9-8-15-19-11(9)17-12(16-10)14-5-2/h8,20H,4-7H2,1-3H3,(H3,14,15,16,17,18,19). The number of fused-ring (bicyclic) bond motifs is 1. The molecule has 2 aromatic heterocycles. The highest BCUT2D eigenvalue weighted by Gasteiger charge is 2.23. The van der Waals surface area contributed by atoms with Gasteiger partial charge in [-0.3, -0.25) is 5.10 Å². The zero-order valence-corrected chi connectivity index (χ0v) is 12.2. The zero-order chi connectivity index (χ0) is 14.6. The number of H-pyrrole nitrogens is 1. The van der Waals surface area contributed by atoms with Crippen LogP contribution in [0.2, 0.25) is 0 Å². The van der Waals surface area contributed by atoms with E-state index in [9.17, 15) is 5.11 Å². The lowest BCUT2D eigenvalue weighted by atomic mass is 9.95. The van der Waals surface area contributed by atoms with Crippen molar-refractivity contribution in [3.8, 4) is 0 Å². The van der Waals surface area contributed by atoms with Crippen LogP contribution >= 0.6 is 0 Å². The molecule has 0 bridgehead atoms. The summed E-state index contributed by atoms with van der Waals surface area (Å²) in [4.78, 5) is 8.86. The second-order valence-electron chi connectivity index (χ2n) is 5.07. The molecule has 0 aliphatic heterocycles. The molecule has 0 saturated heterocycles. The van der Waals surface area contributed by atoms with Crippen LogP contribution in [0.1, 0.15) is 33.6 Å². The summed E-state index contributed by atoms with van der Waals surface area (Å²) in [5, 5.41) is 23.5. The summed E-state index contributed by atoms with van der Waals surface area (Å²) in [6.45, 7) is 7.04. The van der Waals surface area contributed by atoms with E-state index in [1.54, 1.807) is 6.20 Å². The summed E-state index contributed by atoms with van der Waals surface area (Å²) in [6.07, 6.45) is 3.25. The molecule has 1 atom stereocenters. The molecule has 0 aromatic carbocycles. The highest BCUT2D eigenvalue weighted by molar-refractivity contribution is 5.87. The Morgan fingerprint density at radius 3 is 2.80 bits per heavy atom. The Hall–Kier alpha value is -1.89. The van der Waals surface area contributed by atoms with Crippen LogP contribution in [0.3, 0.4) is 0 Å². The van der Waals surface area contributed by atoms with Gasteiger partial charge in [-0.05, 0) is 26.7 Å². The minimum atomic E-state index is -0.212. The molecular weight excluding hydrogens is 256 g/mol. The third-order valence-corrected chi connectivity index (χ3v) is 3.51. The Morgan fingerprint density at radius 1 is 1.35 bits per heavy atom. The van der Waals surface area contributed by atoms with Crippen molar-refractivity contribution in [2.24, 2.45) is 0 Å². The second-order valence-corrected chi connectivity index (χ2v) is 5.07. The molecule has 0 aliphatic carbocycles. The normalized spacial score (nSPS) is 14.2. The average molecular weight is 278 g/mol. The van der Waals surface area contributed by atoms with E-state index < -0.39 is 0 Å². The van der Waals surface area contributed by atoms with Gasteiger partial charge in [0.05, 0.1) is 11.6 Å². The molecule has 7 heteroatoms. The molecule has 2 rings (SSSR count). The van der Waals surface area contributed by atoms with Gasteiger partial charge >= 0.3 is 0 Å². The number of aromatic nitrogens is 4. The molecule has 110 valence electrons. The average Bonchev–Trinajstić information content (AvgIpc) is 2.88. The van der Waals surface area contributed by atoms with Crippen molar-refractivity contribution in [2.45, 2.75) is 39.2 Å². The number of nitrogens with one attached hydrogen (secondary N) is 3. The van der Waals surface area contributed by atoms with Crippen LogP contribution in [-0.4, -0.2) is 44.0 Å². The summed E-state index contributed by atoms with van der Waals surface area (Å²) in [5.74, 6) is 1.30. The van der Waals surface area contributed by atoms with Gasteiger partial charge in [0.15, 0.2) is 5.65 Å². The van der Waals surface area contributed by atoms with Crippen LogP contribution in [0.5, 0.6) is 0 Å². The summed E-state index contributed by atoms with van der Waals surface area (Å²) in [6, 6.07) is 0. The minimum Gasteiger partial charge on any atom is -0.396 e. The molecule has 0 amide bonds. The molecule has 2 aromatic rings. The van der Waals surface area contributed by atoms with Crippen LogP contribution in [-0.2, 0) is 0 Å². The largest absolute Gasteiger partial charge is 0.396 e. The van der Waals surface area contributed by atoms with Gasteiger partial charge in [0, 0.05) is 18.7 Å². The van der Waals surface area contributed by atoms with E-state index in [1.807, 2.05) is 6.92 Å². The lowest BCUT2D eigenvalue weighted by molar-refractivity contribution is 0.252. The fourth-order valence-corrected chi connectivity index (χ4v) is 2.03. The highest BCUT2D eigenvalue weighted by Crippen LogP contribution is 2.26. The lowest BCUT2D eigenvalue weighted by Crippen LogP contribution is -2.35. The SMILES string of the molecule is CCNc1nc(NC(C)(CC)CCO)c2cn[nH]c2n1. The fourth-order valence-electron chi connectivity index (χ4n) is 2.03. The Labute approximate surface area is 118 Å². The Balaban J connectivity index is 2.38. The van der Waals surface area contributed by atoms with Crippen molar-refractivity contribution in [2.75, 3.05) is 23.8 Å². The molecular formula is C13H22N6O. The summed E-state index contributed by atoms with van der Waals surface area (Å²) in [7, 11) is 0. The minimum absolute atomic E-state index is 0.136. The summed E-state index contributed by atoms with van der Waals surface area (Å²) >= 11 is 0. The third-order valence-electron chi connectivity index (χ3n) is 3.51. The molecule has 0 aliphatic rings.